The third-order valence-electron chi connectivity index (χ3n) is 4.65. The van der Waals surface area contributed by atoms with Crippen molar-refractivity contribution in [2.45, 2.75) is 38.6 Å². The highest BCUT2D eigenvalue weighted by Gasteiger charge is 2.32. The molecule has 8 heteroatoms. The van der Waals surface area contributed by atoms with Gasteiger partial charge < -0.3 is 11.1 Å². The van der Waals surface area contributed by atoms with Crippen molar-refractivity contribution in [3.63, 3.8) is 0 Å². The van der Waals surface area contributed by atoms with E-state index >= 15 is 0 Å². The zero-order chi connectivity index (χ0) is 20.9. The Morgan fingerprint density at radius 3 is 2.90 bits per heavy atom. The maximum absolute atomic E-state index is 14.5. The van der Waals surface area contributed by atoms with Crippen LogP contribution in [0, 0.1) is 5.82 Å². The van der Waals surface area contributed by atoms with Crippen LogP contribution in [0.1, 0.15) is 54.9 Å². The van der Waals surface area contributed by atoms with Crippen LogP contribution < -0.4 is 11.1 Å². The van der Waals surface area contributed by atoms with Crippen molar-refractivity contribution in [3.05, 3.63) is 59.4 Å². The quantitative estimate of drug-likeness (QED) is 0.734. The maximum atomic E-state index is 14.5. The standard InChI is InChI=1S/C21H24FN5OS/c1-3-4-5-6-15-12-25-18(13-24-15)19(28)26-14-7-8-17(22)16(11-14)21(2)9-10-29-20(23)27-21/h5-8,11-13H,3-4,9-10H2,1-2H3,(H2,23,27)(H,26,28)/b6-5+/t21-/m0/s1. The highest BCUT2D eigenvalue weighted by Crippen LogP contribution is 2.37. The summed E-state index contributed by atoms with van der Waals surface area (Å²) in [6.45, 7) is 3.94. The molecule has 1 amide bonds. The SMILES string of the molecule is CCC/C=C/c1cnc(C(=O)Nc2ccc(F)c([C@]3(C)CCSC(N)=N3)c2)cn1. The fraction of sp³-hybridized carbons (Fsp3) is 0.333. The molecule has 1 aliphatic heterocycles. The number of halogens is 1. The van der Waals surface area contributed by atoms with Crippen LogP contribution in [0.3, 0.4) is 0 Å². The molecule has 1 aromatic heterocycles. The number of aromatic nitrogens is 2. The number of nitrogens with two attached hydrogens (primary N) is 1. The number of anilines is 1. The number of hydrogen-bond donors (Lipinski definition) is 2. The predicted octanol–water partition coefficient (Wildman–Crippen LogP) is 4.35. The number of amides is 1. The lowest BCUT2D eigenvalue weighted by Crippen LogP contribution is -2.29. The minimum absolute atomic E-state index is 0.186. The van der Waals surface area contributed by atoms with Gasteiger partial charge in [0.2, 0.25) is 0 Å². The molecule has 0 radical (unpaired) electrons. The first kappa shape index (κ1) is 21.0. The van der Waals surface area contributed by atoms with Gasteiger partial charge in [-0.2, -0.15) is 0 Å². The minimum atomic E-state index is -0.758. The summed E-state index contributed by atoms with van der Waals surface area (Å²) in [6.07, 6.45) is 9.55. The van der Waals surface area contributed by atoms with Crippen LogP contribution in [0.25, 0.3) is 6.08 Å². The molecule has 0 bridgehead atoms. The fourth-order valence-corrected chi connectivity index (χ4v) is 3.98. The van der Waals surface area contributed by atoms with Crippen molar-refractivity contribution >= 4 is 34.6 Å². The average Bonchev–Trinajstić information content (AvgIpc) is 2.70. The van der Waals surface area contributed by atoms with E-state index in [1.54, 1.807) is 12.3 Å². The van der Waals surface area contributed by atoms with Crippen LogP contribution in [0.5, 0.6) is 0 Å². The summed E-state index contributed by atoms with van der Waals surface area (Å²) in [6, 6.07) is 4.45. The summed E-state index contributed by atoms with van der Waals surface area (Å²) in [4.78, 5) is 25.4. The van der Waals surface area contributed by atoms with Crippen LogP contribution >= 0.6 is 11.8 Å². The van der Waals surface area contributed by atoms with E-state index in [2.05, 4.69) is 27.2 Å². The number of nitrogens with one attached hydrogen (secondary N) is 1. The summed E-state index contributed by atoms with van der Waals surface area (Å²) in [7, 11) is 0. The Bertz CT molecular complexity index is 945. The Hall–Kier alpha value is -2.74. The molecule has 0 saturated heterocycles. The van der Waals surface area contributed by atoms with Crippen LogP contribution in [0.2, 0.25) is 0 Å². The van der Waals surface area contributed by atoms with Gasteiger partial charge in [-0.05, 0) is 44.0 Å². The van der Waals surface area contributed by atoms with E-state index in [0.29, 0.717) is 28.5 Å². The first-order chi connectivity index (χ1) is 13.9. The molecule has 0 aliphatic carbocycles. The maximum Gasteiger partial charge on any atom is 0.275 e. The average molecular weight is 414 g/mol. The number of unbranched alkanes of at least 4 members (excludes halogenated alkanes) is 1. The highest BCUT2D eigenvalue weighted by molar-refractivity contribution is 8.13. The van der Waals surface area contributed by atoms with E-state index in [1.807, 2.05) is 19.1 Å². The second-order valence-electron chi connectivity index (χ2n) is 6.99. The van der Waals surface area contributed by atoms with Gasteiger partial charge >= 0.3 is 0 Å². The molecule has 1 aromatic carbocycles. The van der Waals surface area contributed by atoms with E-state index in [0.717, 1.165) is 18.6 Å². The lowest BCUT2D eigenvalue weighted by atomic mass is 9.89. The zero-order valence-corrected chi connectivity index (χ0v) is 17.3. The number of aliphatic imine (C=N–C) groups is 1. The number of carbonyl (C=O) groups excluding carboxylic acids is 1. The van der Waals surface area contributed by atoms with Crippen molar-refractivity contribution in [1.29, 1.82) is 0 Å². The summed E-state index contributed by atoms with van der Waals surface area (Å²) in [5.41, 5.74) is 6.83. The Kier molecular flexibility index (Phi) is 6.64. The van der Waals surface area contributed by atoms with Gasteiger partial charge in [0, 0.05) is 17.0 Å². The summed E-state index contributed by atoms with van der Waals surface area (Å²) in [5, 5.41) is 3.19. The summed E-state index contributed by atoms with van der Waals surface area (Å²) in [5.74, 6) is -0.0280. The van der Waals surface area contributed by atoms with E-state index < -0.39 is 11.4 Å². The number of nitrogens with zero attached hydrogens (tertiary/aromatic N) is 3. The van der Waals surface area contributed by atoms with Gasteiger partial charge in [0.05, 0.1) is 23.6 Å². The van der Waals surface area contributed by atoms with Crippen molar-refractivity contribution in [3.8, 4) is 0 Å². The molecule has 1 aliphatic rings. The first-order valence-corrected chi connectivity index (χ1v) is 10.5. The number of rotatable bonds is 6. The molecule has 2 aromatic rings. The van der Waals surface area contributed by atoms with Crippen LogP contribution in [0.15, 0.2) is 41.7 Å². The van der Waals surface area contributed by atoms with Crippen molar-refractivity contribution in [2.75, 3.05) is 11.1 Å². The van der Waals surface area contributed by atoms with E-state index in [4.69, 9.17) is 5.73 Å². The Balaban J connectivity index is 1.77. The monoisotopic (exact) mass is 413 g/mol. The normalized spacial score (nSPS) is 19.2. The molecule has 0 fully saturated rings. The molecule has 29 heavy (non-hydrogen) atoms. The van der Waals surface area contributed by atoms with Crippen LogP contribution in [0.4, 0.5) is 10.1 Å². The largest absolute Gasteiger partial charge is 0.379 e. The van der Waals surface area contributed by atoms with E-state index in [-0.39, 0.29) is 11.5 Å². The molecular formula is C21H24FN5OS. The number of allylic oxidation sites excluding steroid dienone is 1. The molecule has 0 unspecified atom stereocenters. The van der Waals surface area contributed by atoms with E-state index in [1.165, 1.54) is 30.1 Å². The van der Waals surface area contributed by atoms with Gasteiger partial charge in [-0.15, -0.1) is 0 Å². The second-order valence-corrected chi connectivity index (χ2v) is 8.10. The number of amidine groups is 1. The van der Waals surface area contributed by atoms with E-state index in [9.17, 15) is 9.18 Å². The van der Waals surface area contributed by atoms with Gasteiger partial charge in [-0.3, -0.25) is 14.8 Å². The van der Waals surface area contributed by atoms with Crippen molar-refractivity contribution in [2.24, 2.45) is 10.7 Å². The third-order valence-corrected chi connectivity index (χ3v) is 5.44. The zero-order valence-electron chi connectivity index (χ0n) is 16.5. The third kappa shape index (κ3) is 5.20. The highest BCUT2D eigenvalue weighted by atomic mass is 32.2. The van der Waals surface area contributed by atoms with Crippen molar-refractivity contribution < 1.29 is 9.18 Å². The van der Waals surface area contributed by atoms with Gasteiger partial charge in [0.15, 0.2) is 5.17 Å². The van der Waals surface area contributed by atoms with Gasteiger partial charge in [-0.25, -0.2) is 9.37 Å². The number of thioether (sulfide) groups is 1. The molecule has 0 spiro atoms. The molecule has 152 valence electrons. The fourth-order valence-electron chi connectivity index (χ4n) is 3.00. The molecule has 2 heterocycles. The molecule has 1 atom stereocenters. The minimum Gasteiger partial charge on any atom is -0.379 e. The van der Waals surface area contributed by atoms with Crippen molar-refractivity contribution in [1.82, 2.24) is 9.97 Å². The summed E-state index contributed by atoms with van der Waals surface area (Å²) < 4.78 is 14.5. The lowest BCUT2D eigenvalue weighted by Gasteiger charge is -2.30. The van der Waals surface area contributed by atoms with Crippen LogP contribution in [-0.4, -0.2) is 26.8 Å². The van der Waals surface area contributed by atoms with Crippen LogP contribution in [-0.2, 0) is 5.54 Å². The smallest absolute Gasteiger partial charge is 0.275 e. The molecular weight excluding hydrogens is 389 g/mol. The number of carbonyl (C=O) groups is 1. The lowest BCUT2D eigenvalue weighted by molar-refractivity contribution is 0.102. The Morgan fingerprint density at radius 2 is 2.21 bits per heavy atom. The Labute approximate surface area is 173 Å². The van der Waals surface area contributed by atoms with Gasteiger partial charge in [0.1, 0.15) is 11.5 Å². The first-order valence-electron chi connectivity index (χ1n) is 9.49. The second kappa shape index (κ2) is 9.17. The topological polar surface area (TPSA) is 93.3 Å². The molecule has 3 N–H and O–H groups in total. The Morgan fingerprint density at radius 1 is 1.38 bits per heavy atom. The molecule has 0 saturated carbocycles. The van der Waals surface area contributed by atoms with Gasteiger partial charge in [0.25, 0.3) is 5.91 Å². The summed E-state index contributed by atoms with van der Waals surface area (Å²) >= 11 is 1.46. The number of hydrogen-bond acceptors (Lipinski definition) is 6. The predicted molar refractivity (Wildman–Crippen MR) is 116 cm³/mol. The molecule has 3 rings (SSSR count). The van der Waals surface area contributed by atoms with Gasteiger partial charge in [-0.1, -0.05) is 31.2 Å². The number of benzene rings is 1. The molecule has 6 nitrogen and oxygen atoms in total.